The van der Waals surface area contributed by atoms with Gasteiger partial charge in [0.2, 0.25) is 0 Å². The minimum absolute atomic E-state index is 0.758. The summed E-state index contributed by atoms with van der Waals surface area (Å²) in [5.74, 6) is 0. The van der Waals surface area contributed by atoms with Crippen molar-refractivity contribution < 1.29 is 4.79 Å². The van der Waals surface area contributed by atoms with Crippen LogP contribution in [0.1, 0.15) is 21.6 Å². The van der Waals surface area contributed by atoms with E-state index in [4.69, 9.17) is 0 Å². The molecule has 0 bridgehead atoms. The standard InChI is InChI=1S/C12H11NO.C2H2/c1-8-9(2)13-12-6-4-3-5-10(12)11(8)7-14;1-2/h3-7H,1-2H3;1-2H. The Morgan fingerprint density at radius 3 is 2.44 bits per heavy atom. The molecule has 2 rings (SSSR count). The molecule has 1 aromatic carbocycles. The van der Waals surface area contributed by atoms with E-state index in [2.05, 4.69) is 17.8 Å². The third kappa shape index (κ3) is 1.94. The van der Waals surface area contributed by atoms with Crippen molar-refractivity contribution in [1.29, 1.82) is 0 Å². The lowest BCUT2D eigenvalue weighted by Gasteiger charge is -2.06. The summed E-state index contributed by atoms with van der Waals surface area (Å²) in [5, 5.41) is 0.936. The van der Waals surface area contributed by atoms with Crippen molar-refractivity contribution in [3.05, 3.63) is 41.1 Å². The predicted octanol–water partition coefficient (Wildman–Crippen LogP) is 2.91. The van der Waals surface area contributed by atoms with Crippen LogP contribution in [-0.4, -0.2) is 11.3 Å². The molecule has 0 spiro atoms. The van der Waals surface area contributed by atoms with E-state index in [9.17, 15) is 4.79 Å². The molecule has 0 saturated carbocycles. The summed E-state index contributed by atoms with van der Waals surface area (Å²) >= 11 is 0. The first kappa shape index (κ1) is 11.9. The molecular weight excluding hydrogens is 198 g/mol. The highest BCUT2D eigenvalue weighted by atomic mass is 16.1. The number of fused-ring (bicyclic) bond motifs is 1. The lowest BCUT2D eigenvalue weighted by Crippen LogP contribution is -1.96. The van der Waals surface area contributed by atoms with E-state index in [1.165, 1.54) is 0 Å². The Balaban J connectivity index is 0.000000606. The van der Waals surface area contributed by atoms with Crippen molar-refractivity contribution in [1.82, 2.24) is 4.98 Å². The van der Waals surface area contributed by atoms with Crippen LogP contribution in [0.25, 0.3) is 10.9 Å². The largest absolute Gasteiger partial charge is 0.298 e. The lowest BCUT2D eigenvalue weighted by atomic mass is 10.0. The Labute approximate surface area is 95.3 Å². The summed E-state index contributed by atoms with van der Waals surface area (Å²) in [4.78, 5) is 15.4. The summed E-state index contributed by atoms with van der Waals surface area (Å²) in [6, 6.07) is 7.71. The van der Waals surface area contributed by atoms with E-state index in [0.29, 0.717) is 0 Å². The van der Waals surface area contributed by atoms with Crippen LogP contribution in [0.5, 0.6) is 0 Å². The number of hydrogen-bond donors (Lipinski definition) is 0. The SMILES string of the molecule is C#C.Cc1nc2ccccc2c(C=O)c1C. The molecule has 0 radical (unpaired) electrons. The molecule has 0 N–H and O–H groups in total. The van der Waals surface area contributed by atoms with Crippen molar-refractivity contribution >= 4 is 17.2 Å². The smallest absolute Gasteiger partial charge is 0.151 e. The number of aryl methyl sites for hydroxylation is 1. The van der Waals surface area contributed by atoms with Crippen LogP contribution in [0.4, 0.5) is 0 Å². The Kier molecular flexibility index (Phi) is 3.79. The van der Waals surface area contributed by atoms with Crippen molar-refractivity contribution in [3.63, 3.8) is 0 Å². The molecule has 0 atom stereocenters. The second-order valence-corrected chi connectivity index (χ2v) is 3.37. The summed E-state index contributed by atoms with van der Waals surface area (Å²) in [5.41, 5.74) is 3.54. The predicted molar refractivity (Wildman–Crippen MR) is 66.5 cm³/mol. The van der Waals surface area contributed by atoms with Crippen molar-refractivity contribution in [2.24, 2.45) is 0 Å². The number of carbonyl (C=O) groups is 1. The molecule has 0 fully saturated rings. The normalized spacial score (nSPS) is 9.25. The first-order valence-corrected chi connectivity index (χ1v) is 4.88. The van der Waals surface area contributed by atoms with E-state index in [0.717, 1.165) is 34.0 Å². The lowest BCUT2D eigenvalue weighted by molar-refractivity contribution is 0.112. The summed E-state index contributed by atoms with van der Waals surface area (Å²) in [7, 11) is 0. The first-order valence-electron chi connectivity index (χ1n) is 4.88. The monoisotopic (exact) mass is 211 g/mol. The second kappa shape index (κ2) is 5.09. The number of nitrogens with zero attached hydrogens (tertiary/aromatic N) is 1. The van der Waals surface area contributed by atoms with Crippen molar-refractivity contribution in [2.75, 3.05) is 0 Å². The molecule has 80 valence electrons. The van der Waals surface area contributed by atoms with Crippen molar-refractivity contribution in [3.8, 4) is 12.8 Å². The third-order valence-corrected chi connectivity index (χ3v) is 2.55. The Hall–Kier alpha value is -2.14. The van der Waals surface area contributed by atoms with Gasteiger partial charge >= 0.3 is 0 Å². The third-order valence-electron chi connectivity index (χ3n) is 2.55. The number of pyridine rings is 1. The number of para-hydroxylation sites is 1. The molecule has 16 heavy (non-hydrogen) atoms. The molecule has 0 aliphatic heterocycles. The maximum Gasteiger partial charge on any atom is 0.151 e. The zero-order valence-corrected chi connectivity index (χ0v) is 9.40. The fourth-order valence-corrected chi connectivity index (χ4v) is 1.61. The number of rotatable bonds is 1. The van der Waals surface area contributed by atoms with Crippen LogP contribution in [-0.2, 0) is 0 Å². The van der Waals surface area contributed by atoms with Gasteiger partial charge in [-0.15, -0.1) is 12.8 Å². The van der Waals surface area contributed by atoms with Crippen molar-refractivity contribution in [2.45, 2.75) is 13.8 Å². The molecule has 2 aromatic rings. The summed E-state index contributed by atoms with van der Waals surface area (Å²) < 4.78 is 0. The Morgan fingerprint density at radius 2 is 1.81 bits per heavy atom. The van der Waals surface area contributed by atoms with Gasteiger partial charge in [0.15, 0.2) is 6.29 Å². The second-order valence-electron chi connectivity index (χ2n) is 3.37. The highest BCUT2D eigenvalue weighted by Gasteiger charge is 2.07. The quantitative estimate of drug-likeness (QED) is 0.536. The Morgan fingerprint density at radius 1 is 1.19 bits per heavy atom. The van der Waals surface area contributed by atoms with Crippen LogP contribution in [0.15, 0.2) is 24.3 Å². The fraction of sp³-hybridized carbons (Fsp3) is 0.143. The summed E-state index contributed by atoms with van der Waals surface area (Å²) in [6.07, 6.45) is 8.91. The Bertz CT molecular complexity index is 541. The van der Waals surface area contributed by atoms with Gasteiger partial charge in [-0.1, -0.05) is 18.2 Å². The van der Waals surface area contributed by atoms with Gasteiger partial charge in [0, 0.05) is 16.6 Å². The number of aldehydes is 1. The van der Waals surface area contributed by atoms with E-state index >= 15 is 0 Å². The minimum atomic E-state index is 0.758. The molecule has 0 amide bonds. The molecule has 1 aromatic heterocycles. The van der Waals surface area contributed by atoms with Gasteiger partial charge in [-0.25, -0.2) is 0 Å². The van der Waals surface area contributed by atoms with Crippen LogP contribution in [0.3, 0.4) is 0 Å². The highest BCUT2D eigenvalue weighted by molar-refractivity contribution is 5.97. The molecule has 0 saturated heterocycles. The highest BCUT2D eigenvalue weighted by Crippen LogP contribution is 2.20. The minimum Gasteiger partial charge on any atom is -0.298 e. The molecule has 2 nitrogen and oxygen atoms in total. The van der Waals surface area contributed by atoms with Gasteiger partial charge in [-0.2, -0.15) is 0 Å². The number of aromatic nitrogens is 1. The number of benzene rings is 1. The zero-order valence-electron chi connectivity index (χ0n) is 9.40. The van der Waals surface area contributed by atoms with E-state index in [1.807, 2.05) is 38.1 Å². The van der Waals surface area contributed by atoms with Gasteiger partial charge in [0.1, 0.15) is 0 Å². The zero-order chi connectivity index (χ0) is 12.1. The molecule has 1 heterocycles. The van der Waals surface area contributed by atoms with Gasteiger partial charge in [-0.3, -0.25) is 9.78 Å². The van der Waals surface area contributed by atoms with E-state index in [-0.39, 0.29) is 0 Å². The van der Waals surface area contributed by atoms with Gasteiger partial charge in [-0.05, 0) is 25.5 Å². The molecule has 2 heteroatoms. The topological polar surface area (TPSA) is 30.0 Å². The first-order chi connectivity index (χ1) is 7.74. The van der Waals surface area contributed by atoms with Crippen LogP contribution in [0.2, 0.25) is 0 Å². The average Bonchev–Trinajstić information content (AvgIpc) is 2.33. The van der Waals surface area contributed by atoms with Crippen LogP contribution >= 0.6 is 0 Å². The average molecular weight is 211 g/mol. The maximum absolute atomic E-state index is 11.0. The molecule has 0 aliphatic carbocycles. The summed E-state index contributed by atoms with van der Waals surface area (Å²) in [6.45, 7) is 3.85. The van der Waals surface area contributed by atoms with E-state index in [1.54, 1.807) is 0 Å². The number of hydrogen-bond acceptors (Lipinski definition) is 2. The molecular formula is C14H13NO. The van der Waals surface area contributed by atoms with Gasteiger partial charge in [0.25, 0.3) is 0 Å². The molecule has 0 unspecified atom stereocenters. The van der Waals surface area contributed by atoms with Crippen LogP contribution < -0.4 is 0 Å². The number of carbonyl (C=O) groups excluding carboxylic acids is 1. The van der Waals surface area contributed by atoms with Gasteiger partial charge < -0.3 is 0 Å². The molecule has 0 aliphatic rings. The maximum atomic E-state index is 11.0. The van der Waals surface area contributed by atoms with E-state index < -0.39 is 0 Å². The fourth-order valence-electron chi connectivity index (χ4n) is 1.61. The van der Waals surface area contributed by atoms with Gasteiger partial charge in [0.05, 0.1) is 5.52 Å². The van der Waals surface area contributed by atoms with Crippen LogP contribution in [0, 0.1) is 26.7 Å². The number of terminal acetylenes is 1.